The highest BCUT2D eigenvalue weighted by Gasteiger charge is 2.52. The standard InChI is InChI=1S/C52H47BN2/c1-50(2,3)37-24-17-27-42-45(37)46-38(51(4,5)6)28-29-40-49(46)55(42)44-31-34(52(7,32-18-10-8-11-19-32)33-20-12-9-13-21-33)30-43-47(44)53(40)39-25-16-23-36-35-22-14-15-26-41(35)54(43)48(36)39/h8-31,37,45H,1-7H3. The molecule has 11 rings (SSSR count). The summed E-state index contributed by atoms with van der Waals surface area (Å²) < 4.78 is 2.62. The minimum absolute atomic E-state index is 0.0133. The summed E-state index contributed by atoms with van der Waals surface area (Å²) in [5.74, 6) is 0.624. The molecule has 3 heteroatoms. The van der Waals surface area contributed by atoms with Gasteiger partial charge < -0.3 is 9.47 Å². The lowest BCUT2D eigenvalue weighted by atomic mass is 9.33. The Labute approximate surface area is 325 Å². The van der Waals surface area contributed by atoms with E-state index >= 15 is 0 Å². The first-order valence-electron chi connectivity index (χ1n) is 20.2. The predicted octanol–water partition coefficient (Wildman–Crippen LogP) is 10.9. The topological polar surface area (TPSA) is 8.17 Å². The highest BCUT2D eigenvalue weighted by atomic mass is 15.2. The van der Waals surface area contributed by atoms with Gasteiger partial charge in [-0.3, -0.25) is 0 Å². The molecule has 0 bridgehead atoms. The van der Waals surface area contributed by atoms with Crippen LogP contribution in [0.3, 0.4) is 0 Å². The van der Waals surface area contributed by atoms with E-state index in [4.69, 9.17) is 0 Å². The summed E-state index contributed by atoms with van der Waals surface area (Å²) in [6, 6.07) is 48.6. The van der Waals surface area contributed by atoms with Crippen LogP contribution in [0.1, 0.15) is 82.2 Å². The van der Waals surface area contributed by atoms with E-state index in [-0.39, 0.29) is 23.5 Å². The summed E-state index contributed by atoms with van der Waals surface area (Å²) in [7, 11) is 0. The second-order valence-electron chi connectivity index (χ2n) is 18.7. The van der Waals surface area contributed by atoms with E-state index in [1.165, 1.54) is 88.8 Å². The molecule has 4 aliphatic rings. The van der Waals surface area contributed by atoms with E-state index in [0.717, 1.165) is 0 Å². The third-order valence-electron chi connectivity index (χ3n) is 13.6. The maximum absolute atomic E-state index is 2.73. The van der Waals surface area contributed by atoms with Crippen molar-refractivity contribution < 1.29 is 0 Å². The Hall–Kier alpha value is -5.54. The Kier molecular flexibility index (Phi) is 6.59. The largest absolute Gasteiger partial charge is 0.314 e. The molecule has 3 aliphatic heterocycles. The number of allylic oxidation sites excluding steroid dienone is 4. The van der Waals surface area contributed by atoms with Crippen molar-refractivity contribution in [3.05, 3.63) is 179 Å². The second kappa shape index (κ2) is 11.0. The number of benzene rings is 6. The number of fused-ring (bicyclic) bond motifs is 10. The number of rotatable bonds is 3. The molecule has 0 radical (unpaired) electrons. The quantitative estimate of drug-likeness (QED) is 0.131. The summed E-state index contributed by atoms with van der Waals surface area (Å²) in [5.41, 5.74) is 18.9. The molecule has 1 aliphatic carbocycles. The molecule has 0 N–H and O–H groups in total. The van der Waals surface area contributed by atoms with Crippen molar-refractivity contribution in [2.24, 2.45) is 11.3 Å². The van der Waals surface area contributed by atoms with Crippen LogP contribution in [0, 0.1) is 11.3 Å². The van der Waals surface area contributed by atoms with Gasteiger partial charge in [0.1, 0.15) is 0 Å². The zero-order valence-electron chi connectivity index (χ0n) is 33.0. The van der Waals surface area contributed by atoms with Gasteiger partial charge in [-0.1, -0.05) is 163 Å². The van der Waals surface area contributed by atoms with E-state index in [0.29, 0.717) is 5.92 Å². The molecule has 1 aromatic heterocycles. The molecule has 0 saturated heterocycles. The number of hydrogen-bond donors (Lipinski definition) is 0. The SMILES string of the molecule is CC(C)(C)c1ccc2c3c1C1C(=CC=CC1C(C)(C)C)N3c1cc(C(C)(c3ccccc3)c3ccccc3)cc3c1B2c1cccc2c4ccccc4n-3c12. The molecular weight excluding hydrogens is 663 g/mol. The van der Waals surface area contributed by atoms with Crippen LogP contribution in [-0.4, -0.2) is 11.3 Å². The zero-order chi connectivity index (χ0) is 37.6. The summed E-state index contributed by atoms with van der Waals surface area (Å²) >= 11 is 0. The highest BCUT2D eigenvalue weighted by molar-refractivity contribution is 7.00. The maximum atomic E-state index is 2.73. The minimum atomic E-state index is -0.410. The molecule has 2 atom stereocenters. The number of hydrogen-bond acceptors (Lipinski definition) is 1. The Morgan fingerprint density at radius 3 is 1.95 bits per heavy atom. The van der Waals surface area contributed by atoms with E-state index in [1.807, 2.05) is 0 Å². The van der Waals surface area contributed by atoms with Gasteiger partial charge in [0.25, 0.3) is 6.71 Å². The second-order valence-corrected chi connectivity index (χ2v) is 18.7. The van der Waals surface area contributed by atoms with Crippen LogP contribution in [-0.2, 0) is 10.8 Å². The Bertz CT molecular complexity index is 2770. The van der Waals surface area contributed by atoms with Crippen LogP contribution in [0.15, 0.2) is 151 Å². The summed E-state index contributed by atoms with van der Waals surface area (Å²) in [5, 5.41) is 2.64. The van der Waals surface area contributed by atoms with Gasteiger partial charge in [0, 0.05) is 50.4 Å². The number of nitrogens with zero attached hydrogens (tertiary/aromatic N) is 2. The van der Waals surface area contributed by atoms with Crippen molar-refractivity contribution in [3.8, 4) is 5.69 Å². The van der Waals surface area contributed by atoms with Crippen molar-refractivity contribution >= 4 is 56.3 Å². The Morgan fingerprint density at radius 2 is 1.25 bits per heavy atom. The average Bonchev–Trinajstić information content (AvgIpc) is 3.72. The van der Waals surface area contributed by atoms with Crippen molar-refractivity contribution in [1.82, 2.24) is 4.57 Å². The lowest BCUT2D eigenvalue weighted by Crippen LogP contribution is -2.60. The molecule has 55 heavy (non-hydrogen) atoms. The van der Waals surface area contributed by atoms with Gasteiger partial charge in [-0.05, 0) is 92.2 Å². The lowest BCUT2D eigenvalue weighted by Gasteiger charge is -2.42. The van der Waals surface area contributed by atoms with Gasteiger partial charge in [-0.25, -0.2) is 0 Å². The van der Waals surface area contributed by atoms with Crippen molar-refractivity contribution in [2.45, 2.75) is 65.2 Å². The molecule has 6 aromatic carbocycles. The third kappa shape index (κ3) is 4.27. The van der Waals surface area contributed by atoms with Gasteiger partial charge in [0.05, 0.1) is 5.52 Å². The Morgan fingerprint density at radius 1 is 0.600 bits per heavy atom. The monoisotopic (exact) mass is 710 g/mol. The van der Waals surface area contributed by atoms with Crippen LogP contribution < -0.4 is 21.3 Å². The smallest absolute Gasteiger partial charge is 0.252 e. The number of aromatic nitrogens is 1. The zero-order valence-corrected chi connectivity index (χ0v) is 33.0. The number of para-hydroxylation sites is 2. The predicted molar refractivity (Wildman–Crippen MR) is 234 cm³/mol. The fourth-order valence-electron chi connectivity index (χ4n) is 11.1. The molecule has 2 nitrogen and oxygen atoms in total. The molecule has 2 unspecified atom stereocenters. The first-order valence-corrected chi connectivity index (χ1v) is 20.2. The van der Waals surface area contributed by atoms with Gasteiger partial charge in [0.2, 0.25) is 0 Å². The van der Waals surface area contributed by atoms with Crippen molar-refractivity contribution in [3.63, 3.8) is 0 Å². The van der Waals surface area contributed by atoms with Gasteiger partial charge >= 0.3 is 0 Å². The van der Waals surface area contributed by atoms with Crippen LogP contribution in [0.25, 0.3) is 27.5 Å². The van der Waals surface area contributed by atoms with Gasteiger partial charge in [-0.2, -0.15) is 0 Å². The van der Waals surface area contributed by atoms with Crippen molar-refractivity contribution in [1.29, 1.82) is 0 Å². The normalized spacial score (nSPS) is 18.1. The van der Waals surface area contributed by atoms with Crippen LogP contribution >= 0.6 is 0 Å². The van der Waals surface area contributed by atoms with Gasteiger partial charge in [0.15, 0.2) is 0 Å². The summed E-state index contributed by atoms with van der Waals surface area (Å²) in [4.78, 5) is 2.73. The minimum Gasteiger partial charge on any atom is -0.314 e. The molecule has 0 amide bonds. The molecule has 0 saturated carbocycles. The summed E-state index contributed by atoms with van der Waals surface area (Å²) in [6.45, 7) is 17.0. The number of anilines is 2. The maximum Gasteiger partial charge on any atom is 0.252 e. The molecule has 268 valence electrons. The summed E-state index contributed by atoms with van der Waals surface area (Å²) in [6.07, 6.45) is 7.29. The first-order chi connectivity index (χ1) is 26.5. The fraction of sp³-hybridized carbons (Fsp3) is 0.231. The van der Waals surface area contributed by atoms with Gasteiger partial charge in [-0.15, -0.1) is 0 Å². The van der Waals surface area contributed by atoms with Crippen molar-refractivity contribution in [2.75, 3.05) is 4.90 Å². The van der Waals surface area contributed by atoms with E-state index in [1.54, 1.807) is 0 Å². The molecular formula is C52H47BN2. The van der Waals surface area contributed by atoms with E-state index < -0.39 is 5.41 Å². The van der Waals surface area contributed by atoms with E-state index in [9.17, 15) is 0 Å². The van der Waals surface area contributed by atoms with Crippen LogP contribution in [0.4, 0.5) is 11.4 Å². The van der Waals surface area contributed by atoms with E-state index in [2.05, 4.69) is 204 Å². The Balaban J connectivity index is 1.33. The highest BCUT2D eigenvalue weighted by Crippen LogP contribution is 2.59. The van der Waals surface area contributed by atoms with Crippen LogP contribution in [0.2, 0.25) is 0 Å². The fourth-order valence-corrected chi connectivity index (χ4v) is 11.1. The third-order valence-corrected chi connectivity index (χ3v) is 13.6. The first kappa shape index (κ1) is 32.9. The lowest BCUT2D eigenvalue weighted by molar-refractivity contribution is 0.266. The molecule has 0 spiro atoms. The average molecular weight is 711 g/mol. The van der Waals surface area contributed by atoms with Crippen LogP contribution in [0.5, 0.6) is 0 Å². The molecule has 0 fully saturated rings. The molecule has 4 heterocycles. The molecule has 7 aromatic rings.